The minimum absolute atomic E-state index is 0.0122. The molecular formula is C14H13ClN2O. The van der Waals surface area contributed by atoms with Crippen LogP contribution in [-0.4, -0.2) is 15.8 Å². The Balaban J connectivity index is 2.25. The van der Waals surface area contributed by atoms with Crippen molar-refractivity contribution >= 4 is 17.4 Å². The summed E-state index contributed by atoms with van der Waals surface area (Å²) < 4.78 is 0. The maximum absolute atomic E-state index is 11.3. The molecule has 0 atom stereocenters. The van der Waals surface area contributed by atoms with E-state index in [9.17, 15) is 4.79 Å². The Hall–Kier alpha value is -1.74. The molecule has 2 rings (SSSR count). The molecular weight excluding hydrogens is 248 g/mol. The van der Waals surface area contributed by atoms with Crippen molar-refractivity contribution in [1.82, 2.24) is 9.97 Å². The molecule has 1 aromatic heterocycles. The third kappa shape index (κ3) is 2.93. The van der Waals surface area contributed by atoms with E-state index < -0.39 is 0 Å². The summed E-state index contributed by atoms with van der Waals surface area (Å²) in [4.78, 5) is 19.8. The van der Waals surface area contributed by atoms with Crippen molar-refractivity contribution in [2.45, 2.75) is 20.3 Å². The maximum Gasteiger partial charge on any atom is 0.163 e. The van der Waals surface area contributed by atoms with Crippen molar-refractivity contribution in [3.8, 4) is 0 Å². The first-order chi connectivity index (χ1) is 8.56. The van der Waals surface area contributed by atoms with Gasteiger partial charge in [-0.05, 0) is 31.5 Å². The predicted molar refractivity (Wildman–Crippen MR) is 71.0 cm³/mol. The first-order valence-corrected chi connectivity index (χ1v) is 6.02. The van der Waals surface area contributed by atoms with E-state index in [-0.39, 0.29) is 5.78 Å². The SMILES string of the molecule is CC(=O)c1cnc(Cc2cccc(Cl)c2)nc1C. The van der Waals surface area contributed by atoms with Gasteiger partial charge < -0.3 is 0 Å². The van der Waals surface area contributed by atoms with Gasteiger partial charge in [0.05, 0.1) is 11.3 Å². The maximum atomic E-state index is 11.3. The third-order valence-electron chi connectivity index (χ3n) is 2.66. The molecule has 0 radical (unpaired) electrons. The van der Waals surface area contributed by atoms with Gasteiger partial charge in [0.1, 0.15) is 5.82 Å². The fourth-order valence-electron chi connectivity index (χ4n) is 1.78. The molecule has 2 aromatic rings. The van der Waals surface area contributed by atoms with Crippen LogP contribution in [0.4, 0.5) is 0 Å². The van der Waals surface area contributed by atoms with Crippen molar-refractivity contribution in [1.29, 1.82) is 0 Å². The lowest BCUT2D eigenvalue weighted by Crippen LogP contribution is -2.05. The van der Waals surface area contributed by atoms with Crippen LogP contribution in [-0.2, 0) is 6.42 Å². The van der Waals surface area contributed by atoms with Gasteiger partial charge in [-0.3, -0.25) is 4.79 Å². The van der Waals surface area contributed by atoms with E-state index in [4.69, 9.17) is 11.6 Å². The quantitative estimate of drug-likeness (QED) is 0.796. The molecule has 4 heteroatoms. The van der Waals surface area contributed by atoms with Crippen LogP contribution in [0.5, 0.6) is 0 Å². The Bertz CT molecular complexity index is 596. The Morgan fingerprint density at radius 2 is 2.17 bits per heavy atom. The van der Waals surface area contributed by atoms with Crippen LogP contribution in [0.1, 0.15) is 34.4 Å². The number of hydrogen-bond acceptors (Lipinski definition) is 3. The lowest BCUT2D eigenvalue weighted by molar-refractivity contribution is 0.101. The molecule has 92 valence electrons. The number of aromatic nitrogens is 2. The van der Waals surface area contributed by atoms with E-state index in [1.807, 2.05) is 31.2 Å². The number of carbonyl (C=O) groups excluding carboxylic acids is 1. The van der Waals surface area contributed by atoms with Crippen LogP contribution < -0.4 is 0 Å². The second kappa shape index (κ2) is 5.27. The zero-order valence-corrected chi connectivity index (χ0v) is 11.0. The van der Waals surface area contributed by atoms with Gasteiger partial charge in [0.25, 0.3) is 0 Å². The lowest BCUT2D eigenvalue weighted by atomic mass is 10.1. The van der Waals surface area contributed by atoms with Gasteiger partial charge in [-0.2, -0.15) is 0 Å². The van der Waals surface area contributed by atoms with Crippen LogP contribution in [0.3, 0.4) is 0 Å². The predicted octanol–water partition coefficient (Wildman–Crippen LogP) is 3.23. The van der Waals surface area contributed by atoms with Gasteiger partial charge in [-0.15, -0.1) is 0 Å². The molecule has 0 N–H and O–H groups in total. The van der Waals surface area contributed by atoms with E-state index in [0.717, 1.165) is 11.3 Å². The normalized spacial score (nSPS) is 10.4. The highest BCUT2D eigenvalue weighted by atomic mass is 35.5. The van der Waals surface area contributed by atoms with Gasteiger partial charge >= 0.3 is 0 Å². The van der Waals surface area contributed by atoms with E-state index in [2.05, 4.69) is 9.97 Å². The van der Waals surface area contributed by atoms with Crippen LogP contribution in [0, 0.1) is 6.92 Å². The molecule has 0 saturated heterocycles. The van der Waals surface area contributed by atoms with Crippen molar-refractivity contribution in [3.05, 3.63) is 58.1 Å². The highest BCUT2D eigenvalue weighted by Gasteiger charge is 2.07. The number of Topliss-reactive ketones (excluding diaryl/α,β-unsaturated/α-hetero) is 1. The van der Waals surface area contributed by atoms with Gasteiger partial charge in [0, 0.05) is 17.6 Å². The Morgan fingerprint density at radius 1 is 1.39 bits per heavy atom. The van der Waals surface area contributed by atoms with Crippen molar-refractivity contribution in [3.63, 3.8) is 0 Å². The number of aryl methyl sites for hydroxylation is 1. The molecule has 0 aliphatic heterocycles. The molecule has 0 fully saturated rings. The zero-order chi connectivity index (χ0) is 13.1. The number of carbonyl (C=O) groups is 1. The molecule has 1 aromatic carbocycles. The lowest BCUT2D eigenvalue weighted by Gasteiger charge is -2.05. The second-order valence-electron chi connectivity index (χ2n) is 4.15. The van der Waals surface area contributed by atoms with Crippen LogP contribution in [0.2, 0.25) is 5.02 Å². The summed E-state index contributed by atoms with van der Waals surface area (Å²) in [5.74, 6) is 0.682. The summed E-state index contributed by atoms with van der Waals surface area (Å²) in [5.41, 5.74) is 2.34. The van der Waals surface area contributed by atoms with Crippen LogP contribution in [0.25, 0.3) is 0 Å². The molecule has 0 unspecified atom stereocenters. The van der Waals surface area contributed by atoms with Gasteiger partial charge in [-0.1, -0.05) is 23.7 Å². The topological polar surface area (TPSA) is 42.9 Å². The number of benzene rings is 1. The molecule has 18 heavy (non-hydrogen) atoms. The second-order valence-corrected chi connectivity index (χ2v) is 4.58. The summed E-state index contributed by atoms with van der Waals surface area (Å²) in [7, 11) is 0. The molecule has 0 bridgehead atoms. The summed E-state index contributed by atoms with van der Waals surface area (Å²) in [6.07, 6.45) is 2.20. The molecule has 0 aliphatic carbocycles. The Kier molecular flexibility index (Phi) is 3.72. The van der Waals surface area contributed by atoms with Crippen molar-refractivity contribution in [2.75, 3.05) is 0 Å². The van der Waals surface area contributed by atoms with Crippen molar-refractivity contribution < 1.29 is 4.79 Å². The Labute approximate surface area is 111 Å². The Morgan fingerprint density at radius 3 is 2.78 bits per heavy atom. The molecule has 0 spiro atoms. The van der Waals surface area contributed by atoms with Gasteiger partial charge in [-0.25, -0.2) is 9.97 Å². The average molecular weight is 261 g/mol. The highest BCUT2D eigenvalue weighted by Crippen LogP contribution is 2.14. The molecule has 1 heterocycles. The number of ketones is 1. The molecule has 0 saturated carbocycles. The van der Waals surface area contributed by atoms with Crippen molar-refractivity contribution in [2.24, 2.45) is 0 Å². The molecule has 0 amide bonds. The summed E-state index contributed by atoms with van der Waals surface area (Å²) in [6.45, 7) is 3.34. The van der Waals surface area contributed by atoms with Gasteiger partial charge in [0.15, 0.2) is 5.78 Å². The summed E-state index contributed by atoms with van der Waals surface area (Å²) in [5, 5.41) is 0.699. The molecule has 0 aliphatic rings. The smallest absolute Gasteiger partial charge is 0.163 e. The number of nitrogens with zero attached hydrogens (tertiary/aromatic N) is 2. The minimum Gasteiger partial charge on any atom is -0.294 e. The molecule has 3 nitrogen and oxygen atoms in total. The first kappa shape index (κ1) is 12.7. The first-order valence-electron chi connectivity index (χ1n) is 5.64. The van der Waals surface area contributed by atoms with E-state index in [1.54, 1.807) is 6.20 Å². The average Bonchev–Trinajstić information content (AvgIpc) is 2.28. The third-order valence-corrected chi connectivity index (χ3v) is 2.89. The summed E-state index contributed by atoms with van der Waals surface area (Å²) in [6, 6.07) is 7.59. The van der Waals surface area contributed by atoms with E-state index in [0.29, 0.717) is 22.8 Å². The zero-order valence-electron chi connectivity index (χ0n) is 10.3. The minimum atomic E-state index is -0.0122. The van der Waals surface area contributed by atoms with E-state index in [1.165, 1.54) is 6.92 Å². The number of hydrogen-bond donors (Lipinski definition) is 0. The monoisotopic (exact) mass is 260 g/mol. The summed E-state index contributed by atoms with van der Waals surface area (Å²) >= 11 is 5.92. The van der Waals surface area contributed by atoms with Crippen LogP contribution in [0.15, 0.2) is 30.5 Å². The fourth-order valence-corrected chi connectivity index (χ4v) is 1.99. The number of rotatable bonds is 3. The van der Waals surface area contributed by atoms with Gasteiger partial charge in [0.2, 0.25) is 0 Å². The van der Waals surface area contributed by atoms with E-state index >= 15 is 0 Å². The largest absolute Gasteiger partial charge is 0.294 e. The highest BCUT2D eigenvalue weighted by molar-refractivity contribution is 6.30. The van der Waals surface area contributed by atoms with Crippen LogP contribution >= 0.6 is 11.6 Å². The fraction of sp³-hybridized carbons (Fsp3) is 0.214. The standard InChI is InChI=1S/C14H13ClN2O/c1-9-13(10(2)18)8-16-14(17-9)7-11-4-3-5-12(15)6-11/h3-6,8H,7H2,1-2H3. The number of halogens is 1.